The molecule has 0 bridgehead atoms. The Morgan fingerprint density at radius 2 is 1.96 bits per heavy atom. The van der Waals surface area contributed by atoms with Crippen molar-refractivity contribution in [1.82, 2.24) is 5.32 Å². The Balaban J connectivity index is 1.83. The molecule has 5 nitrogen and oxygen atoms in total. The van der Waals surface area contributed by atoms with Crippen molar-refractivity contribution >= 4 is 27.9 Å². The highest BCUT2D eigenvalue weighted by Gasteiger charge is 2.19. The Hall–Kier alpha value is -2.78. The first kappa shape index (κ1) is 19.0. The van der Waals surface area contributed by atoms with Crippen LogP contribution in [0.25, 0.3) is 6.08 Å². The second-order valence-electron chi connectivity index (χ2n) is 6.45. The van der Waals surface area contributed by atoms with Crippen LogP contribution in [0.4, 0.5) is 0 Å². The maximum Gasteiger partial charge on any atom is 0.262 e. The quantitative estimate of drug-likeness (QED) is 0.573. The molecule has 0 radical (unpaired) electrons. The van der Waals surface area contributed by atoms with Crippen LogP contribution in [0.1, 0.15) is 35.2 Å². The number of benzene rings is 2. The van der Waals surface area contributed by atoms with Crippen LogP contribution in [-0.2, 0) is 4.79 Å². The smallest absolute Gasteiger partial charge is 0.262 e. The molecule has 0 saturated heterocycles. The van der Waals surface area contributed by atoms with Crippen LogP contribution < -0.4 is 14.8 Å². The summed E-state index contributed by atoms with van der Waals surface area (Å²) in [6.07, 6.45) is 1.54. The number of aryl methyl sites for hydroxylation is 2. The maximum absolute atomic E-state index is 12.6. The van der Waals surface area contributed by atoms with Gasteiger partial charge in [-0.3, -0.25) is 4.79 Å². The van der Waals surface area contributed by atoms with Gasteiger partial charge < -0.3 is 14.8 Å². The van der Waals surface area contributed by atoms with Crippen molar-refractivity contribution in [2.45, 2.75) is 26.8 Å². The molecule has 6 heteroatoms. The van der Waals surface area contributed by atoms with Gasteiger partial charge in [-0.1, -0.05) is 39.7 Å². The highest BCUT2D eigenvalue weighted by atomic mass is 79.9. The molecule has 0 aromatic heterocycles. The molecule has 1 heterocycles. The minimum absolute atomic E-state index is 0.0201. The summed E-state index contributed by atoms with van der Waals surface area (Å²) in [5, 5.41) is 12.4. The molecule has 3 rings (SSSR count). The van der Waals surface area contributed by atoms with Gasteiger partial charge in [-0.15, -0.1) is 0 Å². The van der Waals surface area contributed by atoms with Crippen molar-refractivity contribution in [2.75, 3.05) is 6.79 Å². The van der Waals surface area contributed by atoms with Crippen molar-refractivity contribution in [1.29, 1.82) is 5.26 Å². The van der Waals surface area contributed by atoms with Gasteiger partial charge in [-0.2, -0.15) is 5.26 Å². The van der Waals surface area contributed by atoms with Crippen LogP contribution in [0.15, 0.2) is 40.4 Å². The zero-order chi connectivity index (χ0) is 19.6. The van der Waals surface area contributed by atoms with Gasteiger partial charge in [0, 0.05) is 4.47 Å². The lowest BCUT2D eigenvalue weighted by molar-refractivity contribution is -0.117. The molecular formula is C21H19BrN2O3. The van der Waals surface area contributed by atoms with E-state index < -0.39 is 5.91 Å². The first-order chi connectivity index (χ1) is 12.9. The second-order valence-corrected chi connectivity index (χ2v) is 7.31. The van der Waals surface area contributed by atoms with E-state index in [0.29, 0.717) is 17.1 Å². The van der Waals surface area contributed by atoms with Gasteiger partial charge >= 0.3 is 0 Å². The number of carbonyl (C=O) groups is 1. The molecule has 0 spiro atoms. The van der Waals surface area contributed by atoms with Crippen LogP contribution >= 0.6 is 15.9 Å². The summed E-state index contributed by atoms with van der Waals surface area (Å²) in [6.45, 7) is 6.08. The fourth-order valence-electron chi connectivity index (χ4n) is 2.93. The third-order valence-electron chi connectivity index (χ3n) is 4.41. The predicted octanol–water partition coefficient (Wildman–Crippen LogP) is 4.58. The zero-order valence-corrected chi connectivity index (χ0v) is 16.9. The summed E-state index contributed by atoms with van der Waals surface area (Å²) in [5.41, 5.74) is 3.94. The average molecular weight is 427 g/mol. The topological polar surface area (TPSA) is 71.4 Å². The number of fused-ring (bicyclic) bond motifs is 1. The molecule has 2 aromatic carbocycles. The number of nitriles is 1. The van der Waals surface area contributed by atoms with Crippen LogP contribution in [0.5, 0.6) is 11.5 Å². The Morgan fingerprint density at radius 3 is 2.67 bits per heavy atom. The third kappa shape index (κ3) is 4.15. The summed E-state index contributed by atoms with van der Waals surface area (Å²) >= 11 is 3.44. The van der Waals surface area contributed by atoms with Crippen LogP contribution in [0.2, 0.25) is 0 Å². The normalized spacial score (nSPS) is 13.8. The second kappa shape index (κ2) is 7.85. The van der Waals surface area contributed by atoms with Crippen LogP contribution in [-0.4, -0.2) is 12.7 Å². The van der Waals surface area contributed by atoms with E-state index in [1.165, 1.54) is 6.08 Å². The van der Waals surface area contributed by atoms with E-state index in [-0.39, 0.29) is 18.4 Å². The maximum atomic E-state index is 12.6. The molecule has 27 heavy (non-hydrogen) atoms. The third-order valence-corrected chi connectivity index (χ3v) is 5.09. The monoisotopic (exact) mass is 426 g/mol. The summed E-state index contributed by atoms with van der Waals surface area (Å²) in [5.74, 6) is 0.798. The number of nitrogens with zero attached hydrogens (tertiary/aromatic N) is 1. The molecular weight excluding hydrogens is 408 g/mol. The van der Waals surface area contributed by atoms with Crippen molar-refractivity contribution in [2.24, 2.45) is 0 Å². The lowest BCUT2D eigenvalue weighted by Crippen LogP contribution is -2.28. The van der Waals surface area contributed by atoms with Crippen molar-refractivity contribution in [3.8, 4) is 17.6 Å². The van der Waals surface area contributed by atoms with Crippen molar-refractivity contribution in [3.63, 3.8) is 0 Å². The van der Waals surface area contributed by atoms with Gasteiger partial charge in [0.2, 0.25) is 6.79 Å². The van der Waals surface area contributed by atoms with E-state index >= 15 is 0 Å². The van der Waals surface area contributed by atoms with Gasteiger partial charge in [0.25, 0.3) is 5.91 Å². The number of nitrogens with one attached hydrogen (secondary N) is 1. The highest BCUT2D eigenvalue weighted by molar-refractivity contribution is 9.10. The van der Waals surface area contributed by atoms with Gasteiger partial charge in [-0.05, 0) is 55.7 Å². The number of ether oxygens (including phenoxy) is 2. The SMILES string of the molecule is Cc1ccc(C)c(C(C)NC(=O)/C(C#N)=C/c2cc3c(cc2Br)OCO3)c1. The Kier molecular flexibility index (Phi) is 5.52. The van der Waals surface area contributed by atoms with E-state index in [2.05, 4.69) is 21.2 Å². The molecule has 2 aromatic rings. The lowest BCUT2D eigenvalue weighted by Gasteiger charge is -2.17. The minimum atomic E-state index is -0.421. The van der Waals surface area contributed by atoms with Crippen LogP contribution in [0.3, 0.4) is 0 Å². The molecule has 0 aliphatic carbocycles. The molecule has 1 aliphatic rings. The summed E-state index contributed by atoms with van der Waals surface area (Å²) in [6, 6.07) is 11.4. The molecule has 0 saturated carbocycles. The summed E-state index contributed by atoms with van der Waals surface area (Å²) < 4.78 is 11.4. The molecule has 138 valence electrons. The largest absolute Gasteiger partial charge is 0.454 e. The number of carbonyl (C=O) groups excluding carboxylic acids is 1. The Bertz CT molecular complexity index is 976. The molecule has 1 N–H and O–H groups in total. The molecule has 1 amide bonds. The van der Waals surface area contributed by atoms with Crippen LogP contribution in [0, 0.1) is 25.2 Å². The fraction of sp³-hybridized carbons (Fsp3) is 0.238. The first-order valence-electron chi connectivity index (χ1n) is 8.48. The average Bonchev–Trinajstić information content (AvgIpc) is 3.08. The number of halogens is 1. The number of hydrogen-bond acceptors (Lipinski definition) is 4. The molecule has 1 atom stereocenters. The highest BCUT2D eigenvalue weighted by Crippen LogP contribution is 2.37. The lowest BCUT2D eigenvalue weighted by atomic mass is 9.99. The van der Waals surface area contributed by atoms with Crippen molar-refractivity contribution in [3.05, 3.63) is 62.6 Å². The first-order valence-corrected chi connectivity index (χ1v) is 9.27. The number of amides is 1. The predicted molar refractivity (Wildman–Crippen MR) is 106 cm³/mol. The Morgan fingerprint density at radius 1 is 1.26 bits per heavy atom. The standard InChI is InChI=1S/C21H19BrN2O3/c1-12-4-5-13(2)17(6-12)14(3)24-21(25)16(10-23)7-15-8-19-20(9-18(15)22)27-11-26-19/h4-9,14H,11H2,1-3H3,(H,24,25)/b16-7+. The summed E-state index contributed by atoms with van der Waals surface area (Å²) in [7, 11) is 0. The Labute approximate surface area is 166 Å². The number of hydrogen-bond donors (Lipinski definition) is 1. The summed E-state index contributed by atoms with van der Waals surface area (Å²) in [4.78, 5) is 12.6. The van der Waals surface area contributed by atoms with E-state index in [4.69, 9.17) is 9.47 Å². The van der Waals surface area contributed by atoms with E-state index in [9.17, 15) is 10.1 Å². The zero-order valence-electron chi connectivity index (χ0n) is 15.3. The number of rotatable bonds is 4. The molecule has 1 unspecified atom stereocenters. The van der Waals surface area contributed by atoms with Gasteiger partial charge in [0.15, 0.2) is 11.5 Å². The van der Waals surface area contributed by atoms with Gasteiger partial charge in [0.05, 0.1) is 6.04 Å². The molecule has 0 fully saturated rings. The van der Waals surface area contributed by atoms with E-state index in [0.717, 1.165) is 21.2 Å². The van der Waals surface area contributed by atoms with Gasteiger partial charge in [0.1, 0.15) is 11.6 Å². The fourth-order valence-corrected chi connectivity index (χ4v) is 3.36. The minimum Gasteiger partial charge on any atom is -0.454 e. The van der Waals surface area contributed by atoms with E-state index in [1.54, 1.807) is 12.1 Å². The molecule has 1 aliphatic heterocycles. The van der Waals surface area contributed by atoms with E-state index in [1.807, 2.05) is 45.0 Å². The van der Waals surface area contributed by atoms with Gasteiger partial charge in [-0.25, -0.2) is 0 Å². The van der Waals surface area contributed by atoms with Crippen molar-refractivity contribution < 1.29 is 14.3 Å².